The van der Waals surface area contributed by atoms with Crippen LogP contribution in [-0.4, -0.2) is 38.3 Å². The van der Waals surface area contributed by atoms with E-state index in [0.717, 1.165) is 0 Å². The molecule has 28 heavy (non-hydrogen) atoms. The summed E-state index contributed by atoms with van der Waals surface area (Å²) in [6.07, 6.45) is 0. The minimum absolute atomic E-state index is 0.0504. The van der Waals surface area contributed by atoms with Gasteiger partial charge in [-0.2, -0.15) is 4.31 Å². The molecule has 6 nitrogen and oxygen atoms in total. The summed E-state index contributed by atoms with van der Waals surface area (Å²) >= 11 is 3.20. The van der Waals surface area contributed by atoms with Gasteiger partial charge in [0.2, 0.25) is 10.0 Å². The Bertz CT molecular complexity index is 962. The van der Waals surface area contributed by atoms with Gasteiger partial charge in [0.05, 0.1) is 12.2 Å². The zero-order chi connectivity index (χ0) is 20.9. The van der Waals surface area contributed by atoms with Crippen LogP contribution < -0.4 is 10.1 Å². The van der Waals surface area contributed by atoms with Crippen molar-refractivity contribution >= 4 is 37.5 Å². The largest absolute Gasteiger partial charge is 0.492 e. The summed E-state index contributed by atoms with van der Waals surface area (Å²) in [5.74, 6) is -1.17. The van der Waals surface area contributed by atoms with Crippen LogP contribution in [0.25, 0.3) is 0 Å². The van der Waals surface area contributed by atoms with E-state index in [0.29, 0.717) is 17.6 Å². The summed E-state index contributed by atoms with van der Waals surface area (Å²) in [4.78, 5) is 12.4. The van der Waals surface area contributed by atoms with Gasteiger partial charge in [0.15, 0.2) is 0 Å². The second kappa shape index (κ2) is 9.49. The molecule has 0 bridgehead atoms. The minimum atomic E-state index is -3.82. The number of hydrogen-bond acceptors (Lipinski definition) is 4. The van der Waals surface area contributed by atoms with E-state index in [1.165, 1.54) is 40.7 Å². The average Bonchev–Trinajstić information content (AvgIpc) is 2.65. The molecule has 0 unspecified atom stereocenters. The molecule has 0 spiro atoms. The summed E-state index contributed by atoms with van der Waals surface area (Å²) in [7, 11) is -3.82. The second-order valence-corrected chi connectivity index (χ2v) is 8.58. The molecular weight excluding hydrogens is 451 g/mol. The van der Waals surface area contributed by atoms with Crippen molar-refractivity contribution in [3.05, 3.63) is 52.3 Å². The van der Waals surface area contributed by atoms with Gasteiger partial charge in [0.1, 0.15) is 16.5 Å². The van der Waals surface area contributed by atoms with Crippen molar-refractivity contribution in [1.29, 1.82) is 0 Å². The lowest BCUT2D eigenvalue weighted by atomic mass is 10.2. The molecule has 2 aromatic rings. The fraction of sp³-hybridized carbons (Fsp3) is 0.316. The molecule has 0 fully saturated rings. The Labute approximate surface area is 172 Å². The van der Waals surface area contributed by atoms with Crippen LogP contribution in [0.4, 0.5) is 10.1 Å². The van der Waals surface area contributed by atoms with E-state index < -0.39 is 21.7 Å². The first-order valence-electron chi connectivity index (χ1n) is 8.77. The first-order chi connectivity index (χ1) is 13.2. The Morgan fingerprint density at radius 1 is 1.14 bits per heavy atom. The van der Waals surface area contributed by atoms with Crippen LogP contribution in [0.3, 0.4) is 0 Å². The number of halogens is 2. The summed E-state index contributed by atoms with van der Waals surface area (Å²) < 4.78 is 47.2. The third-order valence-corrected chi connectivity index (χ3v) is 6.56. The normalized spacial score (nSPS) is 11.5. The zero-order valence-electron chi connectivity index (χ0n) is 15.8. The fourth-order valence-corrected chi connectivity index (χ4v) is 4.61. The molecule has 2 aromatic carbocycles. The van der Waals surface area contributed by atoms with Gasteiger partial charge in [-0.25, -0.2) is 12.8 Å². The number of rotatable bonds is 8. The highest BCUT2D eigenvalue weighted by Crippen LogP contribution is 2.30. The predicted molar refractivity (Wildman–Crippen MR) is 110 cm³/mol. The molecule has 0 radical (unpaired) electrons. The van der Waals surface area contributed by atoms with Gasteiger partial charge in [-0.3, -0.25) is 4.79 Å². The molecule has 2 rings (SSSR count). The number of anilines is 1. The summed E-state index contributed by atoms with van der Waals surface area (Å²) in [6, 6.07) is 8.33. The van der Waals surface area contributed by atoms with Crippen LogP contribution in [0, 0.1) is 5.82 Å². The minimum Gasteiger partial charge on any atom is -0.492 e. The topological polar surface area (TPSA) is 75.7 Å². The van der Waals surface area contributed by atoms with Crippen molar-refractivity contribution in [3.8, 4) is 5.75 Å². The number of carbonyl (C=O) groups excluding carboxylic acids is 1. The van der Waals surface area contributed by atoms with E-state index in [4.69, 9.17) is 4.74 Å². The maximum absolute atomic E-state index is 13.9. The highest BCUT2D eigenvalue weighted by Gasteiger charge is 2.26. The molecule has 0 aliphatic heterocycles. The van der Waals surface area contributed by atoms with Crippen molar-refractivity contribution in [1.82, 2.24) is 4.31 Å². The molecule has 1 amide bonds. The lowest BCUT2D eigenvalue weighted by molar-refractivity contribution is 0.102. The molecule has 152 valence electrons. The third kappa shape index (κ3) is 4.89. The van der Waals surface area contributed by atoms with Gasteiger partial charge in [0, 0.05) is 23.2 Å². The number of amides is 1. The zero-order valence-corrected chi connectivity index (χ0v) is 18.2. The van der Waals surface area contributed by atoms with Gasteiger partial charge in [-0.1, -0.05) is 29.8 Å². The number of sulfonamides is 1. The second-order valence-electron chi connectivity index (χ2n) is 5.76. The van der Waals surface area contributed by atoms with Gasteiger partial charge in [-0.05, 0) is 43.3 Å². The Hall–Kier alpha value is -1.97. The maximum Gasteiger partial charge on any atom is 0.258 e. The summed E-state index contributed by atoms with van der Waals surface area (Å²) in [5, 5.41) is 2.54. The number of hydrogen-bond donors (Lipinski definition) is 1. The van der Waals surface area contributed by atoms with Crippen molar-refractivity contribution in [3.63, 3.8) is 0 Å². The van der Waals surface area contributed by atoms with Crippen LogP contribution >= 0.6 is 15.9 Å². The van der Waals surface area contributed by atoms with E-state index in [1.54, 1.807) is 20.8 Å². The number of nitrogens with zero attached hydrogens (tertiary/aromatic N) is 1. The Balaban J connectivity index is 2.44. The van der Waals surface area contributed by atoms with E-state index in [-0.39, 0.29) is 28.5 Å². The van der Waals surface area contributed by atoms with Crippen LogP contribution in [0.15, 0.2) is 45.8 Å². The highest BCUT2D eigenvalue weighted by molar-refractivity contribution is 9.10. The van der Waals surface area contributed by atoms with Crippen LogP contribution in [-0.2, 0) is 10.0 Å². The van der Waals surface area contributed by atoms with Crippen molar-refractivity contribution < 1.29 is 22.3 Å². The maximum atomic E-state index is 13.9. The van der Waals surface area contributed by atoms with Gasteiger partial charge >= 0.3 is 0 Å². The number of benzene rings is 2. The number of nitrogens with one attached hydrogen (secondary N) is 1. The van der Waals surface area contributed by atoms with Crippen molar-refractivity contribution in [2.24, 2.45) is 0 Å². The molecule has 0 aromatic heterocycles. The first-order valence-corrected chi connectivity index (χ1v) is 11.0. The average molecular weight is 473 g/mol. The van der Waals surface area contributed by atoms with Crippen molar-refractivity contribution in [2.75, 3.05) is 25.0 Å². The van der Waals surface area contributed by atoms with Gasteiger partial charge in [0.25, 0.3) is 5.91 Å². The van der Waals surface area contributed by atoms with Crippen LogP contribution in [0.1, 0.15) is 31.1 Å². The Morgan fingerprint density at radius 2 is 1.82 bits per heavy atom. The molecule has 0 aliphatic rings. The quantitative estimate of drug-likeness (QED) is 0.622. The summed E-state index contributed by atoms with van der Waals surface area (Å²) in [5.41, 5.74) is 0.0648. The van der Waals surface area contributed by atoms with E-state index in [2.05, 4.69) is 21.2 Å². The predicted octanol–water partition coefficient (Wildman–Crippen LogP) is 4.27. The smallest absolute Gasteiger partial charge is 0.258 e. The first kappa shape index (κ1) is 22.3. The third-order valence-electron chi connectivity index (χ3n) is 4.00. The number of carbonyl (C=O) groups is 1. The molecule has 0 atom stereocenters. The van der Waals surface area contributed by atoms with Gasteiger partial charge in [-0.15, -0.1) is 0 Å². The Kier molecular flexibility index (Phi) is 7.56. The standard InChI is InChI=1S/C19H22BrFN2O4S/c1-4-23(5-2)28(25,26)18-12-14(8-10-17(18)27-6-3)22-19(24)15-11-13(20)7-9-16(15)21/h7-12H,4-6H2,1-3H3,(H,22,24). The van der Waals surface area contributed by atoms with Crippen LogP contribution in [0.5, 0.6) is 5.75 Å². The van der Waals surface area contributed by atoms with E-state index in [9.17, 15) is 17.6 Å². The SMILES string of the molecule is CCOc1ccc(NC(=O)c2cc(Br)ccc2F)cc1S(=O)(=O)N(CC)CC. The molecule has 0 saturated carbocycles. The summed E-state index contributed by atoms with van der Waals surface area (Å²) in [6.45, 7) is 6.11. The fourth-order valence-electron chi connectivity index (χ4n) is 2.63. The Morgan fingerprint density at radius 3 is 2.43 bits per heavy atom. The van der Waals surface area contributed by atoms with Crippen LogP contribution in [0.2, 0.25) is 0 Å². The van der Waals surface area contributed by atoms with Gasteiger partial charge < -0.3 is 10.1 Å². The highest BCUT2D eigenvalue weighted by atomic mass is 79.9. The molecular formula is C19H22BrFN2O4S. The molecule has 0 heterocycles. The molecule has 0 saturated heterocycles. The molecule has 0 aliphatic carbocycles. The van der Waals surface area contributed by atoms with E-state index in [1.807, 2.05) is 0 Å². The molecule has 1 N–H and O–H groups in total. The monoisotopic (exact) mass is 472 g/mol. The lowest BCUT2D eigenvalue weighted by Gasteiger charge is -2.21. The van der Waals surface area contributed by atoms with E-state index >= 15 is 0 Å². The number of ether oxygens (including phenoxy) is 1. The lowest BCUT2D eigenvalue weighted by Crippen LogP contribution is -2.31. The molecule has 9 heteroatoms. The van der Waals surface area contributed by atoms with Crippen molar-refractivity contribution in [2.45, 2.75) is 25.7 Å².